The van der Waals surface area contributed by atoms with Gasteiger partial charge in [-0.25, -0.2) is 0 Å². The van der Waals surface area contributed by atoms with Crippen molar-refractivity contribution in [2.24, 2.45) is 0 Å². The molecule has 19 heavy (non-hydrogen) atoms. The van der Waals surface area contributed by atoms with Crippen LogP contribution in [0.25, 0.3) is 0 Å². The third-order valence-electron chi connectivity index (χ3n) is 1.74. The monoisotopic (exact) mass is 293 g/mol. The van der Waals surface area contributed by atoms with Crippen LogP contribution in [0.2, 0.25) is 0 Å². The summed E-state index contributed by atoms with van der Waals surface area (Å²) in [5.74, 6) is 6.34. The Bertz CT molecular complexity index is 454. The van der Waals surface area contributed by atoms with Gasteiger partial charge in [0, 0.05) is 24.1 Å². The molecule has 104 valence electrons. The lowest BCUT2D eigenvalue weighted by molar-refractivity contribution is -0.186. The second kappa shape index (κ2) is 7.87. The summed E-state index contributed by atoms with van der Waals surface area (Å²) in [5, 5.41) is 0. The Hall–Kier alpha value is -1.45. The van der Waals surface area contributed by atoms with Gasteiger partial charge in [-0.3, -0.25) is 4.98 Å². The van der Waals surface area contributed by atoms with Gasteiger partial charge in [-0.2, -0.15) is 13.2 Å². The van der Waals surface area contributed by atoms with E-state index in [1.165, 1.54) is 12.4 Å². The van der Waals surface area contributed by atoms with Crippen LogP contribution in [0, 0.1) is 11.8 Å². The van der Waals surface area contributed by atoms with E-state index in [1.54, 1.807) is 6.07 Å². The van der Waals surface area contributed by atoms with E-state index in [-0.39, 0.29) is 0 Å². The number of hydrogen-bond acceptors (Lipinski definition) is 3. The first kappa shape index (κ1) is 15.6. The van der Waals surface area contributed by atoms with Gasteiger partial charge in [0.2, 0.25) is 0 Å². The van der Waals surface area contributed by atoms with Crippen molar-refractivity contribution in [2.75, 3.05) is 19.3 Å². The molecule has 0 N–H and O–H groups in total. The van der Waals surface area contributed by atoms with Crippen LogP contribution in [0.1, 0.15) is 12.0 Å². The van der Waals surface area contributed by atoms with Crippen LogP contribution in [0.5, 0.6) is 5.75 Å². The first-order chi connectivity index (χ1) is 9.01. The summed E-state index contributed by atoms with van der Waals surface area (Å²) in [5.41, 5.74) is 0.596. The number of nitrogens with zero attached hydrogens (tertiary/aromatic N) is 1. The van der Waals surface area contributed by atoms with Gasteiger partial charge in [0.05, 0.1) is 6.20 Å². The van der Waals surface area contributed by atoms with Crippen LogP contribution < -0.4 is 4.74 Å². The van der Waals surface area contributed by atoms with E-state index in [4.69, 9.17) is 16.3 Å². The van der Waals surface area contributed by atoms with Crippen molar-refractivity contribution >= 4 is 11.6 Å². The average molecular weight is 294 g/mol. The van der Waals surface area contributed by atoms with Crippen molar-refractivity contribution in [2.45, 2.75) is 12.6 Å². The number of aromatic nitrogens is 1. The van der Waals surface area contributed by atoms with Gasteiger partial charge in [0.25, 0.3) is 0 Å². The summed E-state index contributed by atoms with van der Waals surface area (Å²) in [4.78, 5) is 3.85. The van der Waals surface area contributed by atoms with E-state index in [0.717, 1.165) is 0 Å². The molecule has 0 unspecified atom stereocenters. The lowest BCUT2D eigenvalue weighted by atomic mass is 10.3. The second-order valence-electron chi connectivity index (χ2n) is 3.38. The van der Waals surface area contributed by atoms with Crippen molar-refractivity contribution in [3.63, 3.8) is 0 Å². The summed E-state index contributed by atoms with van der Waals surface area (Å²) in [6.45, 7) is -1.85. The number of halogens is 4. The Balaban J connectivity index is 2.43. The molecule has 0 atom stereocenters. The van der Waals surface area contributed by atoms with Crippen LogP contribution in [0.3, 0.4) is 0 Å². The third-order valence-corrected chi connectivity index (χ3v) is 1.93. The molecular weight excluding hydrogens is 283 g/mol. The number of hydrogen-bond donors (Lipinski definition) is 0. The highest BCUT2D eigenvalue weighted by atomic mass is 35.5. The van der Waals surface area contributed by atoms with Crippen molar-refractivity contribution in [1.82, 2.24) is 4.98 Å². The average Bonchev–Trinajstić information content (AvgIpc) is 2.35. The lowest BCUT2D eigenvalue weighted by Gasteiger charge is -2.09. The van der Waals surface area contributed by atoms with Crippen molar-refractivity contribution in [3.05, 3.63) is 24.0 Å². The summed E-state index contributed by atoms with van der Waals surface area (Å²) in [7, 11) is 0. The van der Waals surface area contributed by atoms with Gasteiger partial charge < -0.3 is 9.47 Å². The topological polar surface area (TPSA) is 31.4 Å². The SMILES string of the molecule is FC(F)(F)COCOc1cncc(C#CCCCl)c1. The summed E-state index contributed by atoms with van der Waals surface area (Å²) in [6, 6.07) is 1.56. The molecule has 0 aliphatic carbocycles. The van der Waals surface area contributed by atoms with Gasteiger partial charge in [-0.15, -0.1) is 11.6 Å². The summed E-state index contributed by atoms with van der Waals surface area (Å²) < 4.78 is 44.7. The Morgan fingerprint density at radius 2 is 2.11 bits per heavy atom. The molecule has 0 bridgehead atoms. The molecule has 0 aromatic carbocycles. The smallest absolute Gasteiger partial charge is 0.411 e. The largest absolute Gasteiger partial charge is 0.466 e. The summed E-state index contributed by atoms with van der Waals surface area (Å²) >= 11 is 5.47. The zero-order chi connectivity index (χ0) is 14.1. The number of alkyl halides is 4. The standard InChI is InChI=1S/C12H11ClF3NO2/c13-4-2-1-3-10-5-11(7-17-6-10)19-9-18-8-12(14,15)16/h5-7H,2,4,8-9H2. The molecule has 1 rings (SSSR count). The van der Waals surface area contributed by atoms with Gasteiger partial charge in [-0.1, -0.05) is 11.8 Å². The highest BCUT2D eigenvalue weighted by Gasteiger charge is 2.27. The minimum absolute atomic E-state index is 0.292. The maximum atomic E-state index is 11.8. The molecular formula is C12H11ClF3NO2. The molecule has 1 aromatic rings. The number of rotatable bonds is 5. The third kappa shape index (κ3) is 7.54. The molecule has 0 amide bonds. The fourth-order valence-electron chi connectivity index (χ4n) is 1.05. The molecule has 0 aliphatic heterocycles. The molecule has 0 spiro atoms. The molecule has 0 fully saturated rings. The molecule has 3 nitrogen and oxygen atoms in total. The number of ether oxygens (including phenoxy) is 2. The normalized spacial score (nSPS) is 10.7. The molecule has 7 heteroatoms. The van der Waals surface area contributed by atoms with Crippen LogP contribution in [-0.4, -0.2) is 30.4 Å². The second-order valence-corrected chi connectivity index (χ2v) is 3.75. The van der Waals surface area contributed by atoms with E-state index in [9.17, 15) is 13.2 Å². The van der Waals surface area contributed by atoms with Crippen LogP contribution in [0.15, 0.2) is 18.5 Å². The Kier molecular flexibility index (Phi) is 6.46. The van der Waals surface area contributed by atoms with Gasteiger partial charge in [-0.05, 0) is 6.07 Å². The predicted molar refractivity (Wildman–Crippen MR) is 64.0 cm³/mol. The van der Waals surface area contributed by atoms with Gasteiger partial charge in [0.15, 0.2) is 6.79 Å². The van der Waals surface area contributed by atoms with E-state index >= 15 is 0 Å². The minimum atomic E-state index is -4.36. The fourth-order valence-corrected chi connectivity index (χ4v) is 1.14. The molecule has 1 heterocycles. The maximum Gasteiger partial charge on any atom is 0.411 e. The molecule has 1 aromatic heterocycles. The van der Waals surface area contributed by atoms with Crippen LogP contribution in [0.4, 0.5) is 13.2 Å². The van der Waals surface area contributed by atoms with E-state index in [2.05, 4.69) is 21.6 Å². The maximum absolute atomic E-state index is 11.8. The van der Waals surface area contributed by atoms with Crippen molar-refractivity contribution in [3.8, 4) is 17.6 Å². The number of pyridine rings is 1. The van der Waals surface area contributed by atoms with Gasteiger partial charge in [0.1, 0.15) is 12.4 Å². The zero-order valence-corrected chi connectivity index (χ0v) is 10.6. The minimum Gasteiger partial charge on any atom is -0.466 e. The Morgan fingerprint density at radius 1 is 1.32 bits per heavy atom. The first-order valence-corrected chi connectivity index (χ1v) is 5.82. The molecule has 0 saturated carbocycles. The molecule has 0 radical (unpaired) electrons. The Morgan fingerprint density at radius 3 is 2.79 bits per heavy atom. The lowest BCUT2D eigenvalue weighted by Crippen LogP contribution is -2.19. The van der Waals surface area contributed by atoms with E-state index in [1.807, 2.05) is 0 Å². The summed E-state index contributed by atoms with van der Waals surface area (Å²) in [6.07, 6.45) is -0.938. The van der Waals surface area contributed by atoms with Crippen molar-refractivity contribution < 1.29 is 22.6 Å². The molecule has 0 aliphatic rings. The van der Waals surface area contributed by atoms with Gasteiger partial charge >= 0.3 is 6.18 Å². The predicted octanol–water partition coefficient (Wildman–Crippen LogP) is 2.98. The Labute approximate surface area is 113 Å². The zero-order valence-electron chi connectivity index (χ0n) is 9.84. The van der Waals surface area contributed by atoms with Crippen LogP contribution in [-0.2, 0) is 4.74 Å². The first-order valence-electron chi connectivity index (χ1n) is 5.28. The van der Waals surface area contributed by atoms with E-state index in [0.29, 0.717) is 23.6 Å². The highest BCUT2D eigenvalue weighted by Crippen LogP contribution is 2.15. The molecule has 0 saturated heterocycles. The van der Waals surface area contributed by atoms with E-state index < -0.39 is 19.6 Å². The van der Waals surface area contributed by atoms with Crippen molar-refractivity contribution in [1.29, 1.82) is 0 Å². The van der Waals surface area contributed by atoms with Crippen LogP contribution >= 0.6 is 11.6 Å². The quantitative estimate of drug-likeness (QED) is 0.362. The highest BCUT2D eigenvalue weighted by molar-refractivity contribution is 6.18. The fraction of sp³-hybridized carbons (Fsp3) is 0.417.